The second kappa shape index (κ2) is 7.24. The van der Waals surface area contributed by atoms with Crippen LogP contribution in [-0.4, -0.2) is 22.8 Å². The molecule has 0 spiro atoms. The Bertz CT molecular complexity index is 811. The van der Waals surface area contributed by atoms with E-state index in [9.17, 15) is 10.0 Å². The summed E-state index contributed by atoms with van der Waals surface area (Å²) >= 11 is 0. The monoisotopic (exact) mass is 336 g/mol. The van der Waals surface area contributed by atoms with E-state index in [4.69, 9.17) is 11.0 Å². The fourth-order valence-electron chi connectivity index (χ4n) is 3.15. The standard InChI is InChI=1S/C19H20N4O2/c20-11-14-3-5-15(6-4-14)12-22-9-1-2-17-10-16(7-8-18(17)22)13-23(25)19(21)24/h3-8,10,25H,1-2,9,12-13H2,(H2,21,24). The van der Waals surface area contributed by atoms with Crippen molar-refractivity contribution in [3.05, 3.63) is 64.7 Å². The third kappa shape index (κ3) is 3.90. The number of anilines is 1. The number of aryl methyl sites for hydroxylation is 1. The maximum atomic E-state index is 11.0. The van der Waals surface area contributed by atoms with Crippen LogP contribution in [0.5, 0.6) is 0 Å². The summed E-state index contributed by atoms with van der Waals surface area (Å²) in [6.45, 7) is 1.84. The molecule has 0 aromatic heterocycles. The first-order chi connectivity index (χ1) is 12.1. The number of benzene rings is 2. The molecule has 0 saturated heterocycles. The van der Waals surface area contributed by atoms with Gasteiger partial charge in [-0.25, -0.2) is 9.86 Å². The average Bonchev–Trinajstić information content (AvgIpc) is 2.62. The summed E-state index contributed by atoms with van der Waals surface area (Å²) in [4.78, 5) is 13.3. The molecule has 0 aliphatic carbocycles. The number of fused-ring (bicyclic) bond motifs is 1. The molecule has 25 heavy (non-hydrogen) atoms. The fourth-order valence-corrected chi connectivity index (χ4v) is 3.15. The molecule has 2 aromatic rings. The van der Waals surface area contributed by atoms with Gasteiger partial charge in [-0.15, -0.1) is 0 Å². The van der Waals surface area contributed by atoms with Gasteiger partial charge in [0.05, 0.1) is 18.2 Å². The van der Waals surface area contributed by atoms with E-state index in [1.807, 2.05) is 42.5 Å². The molecule has 0 unspecified atom stereocenters. The van der Waals surface area contributed by atoms with Crippen molar-refractivity contribution < 1.29 is 10.0 Å². The van der Waals surface area contributed by atoms with Crippen LogP contribution in [0.3, 0.4) is 0 Å². The summed E-state index contributed by atoms with van der Waals surface area (Å²) in [5.41, 5.74) is 10.1. The van der Waals surface area contributed by atoms with Crippen LogP contribution in [0.15, 0.2) is 42.5 Å². The molecule has 1 aliphatic rings. The second-order valence-corrected chi connectivity index (χ2v) is 6.19. The zero-order chi connectivity index (χ0) is 17.8. The van der Waals surface area contributed by atoms with Crippen molar-refractivity contribution in [2.45, 2.75) is 25.9 Å². The number of nitrogens with zero attached hydrogens (tertiary/aromatic N) is 3. The summed E-state index contributed by atoms with van der Waals surface area (Å²) in [6.07, 6.45) is 2.01. The average molecular weight is 336 g/mol. The van der Waals surface area contributed by atoms with Crippen molar-refractivity contribution in [3.63, 3.8) is 0 Å². The van der Waals surface area contributed by atoms with E-state index in [0.29, 0.717) is 10.6 Å². The van der Waals surface area contributed by atoms with Crippen molar-refractivity contribution in [2.24, 2.45) is 5.73 Å². The highest BCUT2D eigenvalue weighted by atomic mass is 16.5. The Morgan fingerprint density at radius 1 is 1.24 bits per heavy atom. The van der Waals surface area contributed by atoms with Gasteiger partial charge in [0.25, 0.3) is 0 Å². The normalized spacial score (nSPS) is 13.0. The third-order valence-electron chi connectivity index (χ3n) is 4.40. The Hall–Kier alpha value is -3.04. The van der Waals surface area contributed by atoms with Crippen LogP contribution in [0.25, 0.3) is 0 Å². The molecule has 6 nitrogen and oxygen atoms in total. The molecule has 0 fully saturated rings. The summed E-state index contributed by atoms with van der Waals surface area (Å²) in [5, 5.41) is 18.9. The van der Waals surface area contributed by atoms with E-state index < -0.39 is 6.03 Å². The number of nitriles is 1. The van der Waals surface area contributed by atoms with Crippen LogP contribution in [-0.2, 0) is 19.5 Å². The van der Waals surface area contributed by atoms with Gasteiger partial charge in [0, 0.05) is 18.8 Å². The van der Waals surface area contributed by atoms with Crippen LogP contribution >= 0.6 is 0 Å². The minimum absolute atomic E-state index is 0.0816. The molecule has 3 N–H and O–H groups in total. The maximum absolute atomic E-state index is 11.0. The largest absolute Gasteiger partial charge is 0.367 e. The molecular weight excluding hydrogens is 316 g/mol. The number of rotatable bonds is 4. The van der Waals surface area contributed by atoms with E-state index in [1.54, 1.807) is 0 Å². The van der Waals surface area contributed by atoms with Crippen molar-refractivity contribution in [1.82, 2.24) is 5.06 Å². The molecular formula is C19H20N4O2. The zero-order valence-corrected chi connectivity index (χ0v) is 13.9. The molecule has 1 heterocycles. The van der Waals surface area contributed by atoms with Gasteiger partial charge in [0.2, 0.25) is 0 Å². The highest BCUT2D eigenvalue weighted by Gasteiger charge is 2.18. The Balaban J connectivity index is 1.77. The number of primary amides is 1. The van der Waals surface area contributed by atoms with Gasteiger partial charge < -0.3 is 10.6 Å². The SMILES string of the molecule is N#Cc1ccc(CN2CCCc3cc(CN(O)C(N)=O)ccc32)cc1. The van der Waals surface area contributed by atoms with Crippen molar-refractivity contribution in [3.8, 4) is 6.07 Å². The van der Waals surface area contributed by atoms with Gasteiger partial charge in [-0.05, 0) is 47.7 Å². The van der Waals surface area contributed by atoms with Gasteiger partial charge >= 0.3 is 6.03 Å². The van der Waals surface area contributed by atoms with Gasteiger partial charge in [-0.1, -0.05) is 24.3 Å². The first-order valence-corrected chi connectivity index (χ1v) is 8.18. The molecule has 6 heteroatoms. The van der Waals surface area contributed by atoms with E-state index >= 15 is 0 Å². The molecule has 0 saturated carbocycles. The number of nitrogens with two attached hydrogens (primary N) is 1. The summed E-state index contributed by atoms with van der Waals surface area (Å²) < 4.78 is 0. The number of hydrogen-bond acceptors (Lipinski definition) is 4. The summed E-state index contributed by atoms with van der Waals surface area (Å²) in [5.74, 6) is 0. The zero-order valence-electron chi connectivity index (χ0n) is 13.9. The summed E-state index contributed by atoms with van der Waals surface area (Å²) in [7, 11) is 0. The predicted molar refractivity (Wildman–Crippen MR) is 93.9 cm³/mol. The lowest BCUT2D eigenvalue weighted by molar-refractivity contribution is -0.0470. The topological polar surface area (TPSA) is 93.6 Å². The number of carbonyl (C=O) groups is 1. The number of hydrogen-bond donors (Lipinski definition) is 2. The number of carbonyl (C=O) groups excluding carboxylic acids is 1. The highest BCUT2D eigenvalue weighted by molar-refractivity contribution is 5.70. The van der Waals surface area contributed by atoms with Crippen molar-refractivity contribution in [2.75, 3.05) is 11.4 Å². The van der Waals surface area contributed by atoms with Gasteiger partial charge in [0.15, 0.2) is 0 Å². The molecule has 1 aliphatic heterocycles. The highest BCUT2D eigenvalue weighted by Crippen LogP contribution is 2.29. The molecule has 2 aromatic carbocycles. The number of urea groups is 1. The number of amides is 2. The molecule has 0 atom stereocenters. The van der Waals surface area contributed by atoms with Gasteiger partial charge in [0.1, 0.15) is 0 Å². The molecule has 2 amide bonds. The van der Waals surface area contributed by atoms with Crippen LogP contribution in [0.1, 0.15) is 28.7 Å². The minimum atomic E-state index is -0.861. The molecule has 3 rings (SSSR count). The molecule has 128 valence electrons. The fraction of sp³-hybridized carbons (Fsp3) is 0.263. The Kier molecular flexibility index (Phi) is 4.87. The Morgan fingerprint density at radius 2 is 1.96 bits per heavy atom. The van der Waals surface area contributed by atoms with Crippen LogP contribution < -0.4 is 10.6 Å². The van der Waals surface area contributed by atoms with E-state index in [-0.39, 0.29) is 6.54 Å². The minimum Gasteiger partial charge on any atom is -0.367 e. The van der Waals surface area contributed by atoms with Crippen molar-refractivity contribution in [1.29, 1.82) is 5.26 Å². The third-order valence-corrected chi connectivity index (χ3v) is 4.40. The first kappa shape index (κ1) is 16.8. The van der Waals surface area contributed by atoms with E-state index in [2.05, 4.69) is 11.0 Å². The van der Waals surface area contributed by atoms with Crippen molar-refractivity contribution >= 4 is 11.7 Å². The smallest absolute Gasteiger partial charge is 0.338 e. The van der Waals surface area contributed by atoms with Gasteiger partial charge in [-0.2, -0.15) is 5.26 Å². The molecule has 0 bridgehead atoms. The summed E-state index contributed by atoms with van der Waals surface area (Å²) in [6, 6.07) is 14.9. The lowest BCUT2D eigenvalue weighted by atomic mass is 9.98. The number of hydroxylamine groups is 2. The lowest BCUT2D eigenvalue weighted by Crippen LogP contribution is -2.32. The Morgan fingerprint density at radius 3 is 2.64 bits per heavy atom. The quantitative estimate of drug-likeness (QED) is 0.663. The van der Waals surface area contributed by atoms with Gasteiger partial charge in [-0.3, -0.25) is 5.21 Å². The van der Waals surface area contributed by atoms with Crippen LogP contribution in [0.4, 0.5) is 10.5 Å². The van der Waals surface area contributed by atoms with E-state index in [0.717, 1.165) is 37.1 Å². The van der Waals surface area contributed by atoms with Crippen LogP contribution in [0, 0.1) is 11.3 Å². The predicted octanol–water partition coefficient (Wildman–Crippen LogP) is 2.78. The Labute approximate surface area is 146 Å². The van der Waals surface area contributed by atoms with Crippen LogP contribution in [0.2, 0.25) is 0 Å². The van der Waals surface area contributed by atoms with E-state index in [1.165, 1.54) is 11.3 Å². The lowest BCUT2D eigenvalue weighted by Gasteiger charge is -2.32. The first-order valence-electron chi connectivity index (χ1n) is 8.18. The maximum Gasteiger partial charge on any atom is 0.338 e. The second-order valence-electron chi connectivity index (χ2n) is 6.19. The molecule has 0 radical (unpaired) electrons.